The van der Waals surface area contributed by atoms with Gasteiger partial charge in [0.25, 0.3) is 6.43 Å². The highest BCUT2D eigenvalue weighted by Crippen LogP contribution is 2.22. The summed E-state index contributed by atoms with van der Waals surface area (Å²) < 4.78 is 24.7. The predicted octanol–water partition coefficient (Wildman–Crippen LogP) is 3.09. The van der Waals surface area contributed by atoms with Crippen molar-refractivity contribution in [1.82, 2.24) is 4.98 Å². The van der Waals surface area contributed by atoms with Crippen molar-refractivity contribution in [1.29, 1.82) is 5.26 Å². The summed E-state index contributed by atoms with van der Waals surface area (Å²) in [5, 5.41) is 9.08. The molecule has 0 saturated carbocycles. The Balaban J connectivity index is 3.34. The second kappa shape index (κ2) is 4.47. The van der Waals surface area contributed by atoms with Crippen molar-refractivity contribution in [3.63, 3.8) is 0 Å². The number of aromatic nitrogens is 1. The summed E-state index contributed by atoms with van der Waals surface area (Å²) >= 11 is 3.14. The van der Waals surface area contributed by atoms with E-state index in [9.17, 15) is 8.78 Å². The van der Waals surface area contributed by atoms with Gasteiger partial charge in [0.1, 0.15) is 5.69 Å². The summed E-state index contributed by atoms with van der Waals surface area (Å²) in [4.78, 5) is 3.75. The fourth-order valence-electron chi connectivity index (χ4n) is 1.04. The van der Waals surface area contributed by atoms with E-state index in [0.29, 0.717) is 16.6 Å². The van der Waals surface area contributed by atoms with Crippen molar-refractivity contribution >= 4 is 15.9 Å². The molecule has 74 valence electrons. The van der Waals surface area contributed by atoms with E-state index in [1.807, 2.05) is 6.07 Å². The lowest BCUT2D eigenvalue weighted by Crippen LogP contribution is -2.00. The van der Waals surface area contributed by atoms with E-state index in [-0.39, 0.29) is 11.3 Å². The molecule has 1 aromatic heterocycles. The van der Waals surface area contributed by atoms with Crippen LogP contribution < -0.4 is 0 Å². The van der Waals surface area contributed by atoms with Crippen LogP contribution in [0.5, 0.6) is 0 Å². The topological polar surface area (TPSA) is 36.7 Å². The zero-order valence-electron chi connectivity index (χ0n) is 7.39. The lowest BCUT2D eigenvalue weighted by atomic mass is 10.1. The molecule has 0 saturated heterocycles. The molecule has 1 heterocycles. The number of rotatable bonds is 2. The van der Waals surface area contributed by atoms with Crippen LogP contribution in [0.2, 0.25) is 0 Å². The molecule has 0 unspecified atom stereocenters. The number of halogens is 3. The highest BCUT2D eigenvalue weighted by atomic mass is 79.9. The highest BCUT2D eigenvalue weighted by molar-refractivity contribution is 9.08. The molecule has 1 aromatic rings. The second-order valence-electron chi connectivity index (χ2n) is 2.71. The molecule has 0 atom stereocenters. The molecule has 5 heteroatoms. The van der Waals surface area contributed by atoms with Crippen LogP contribution >= 0.6 is 15.9 Å². The maximum atomic E-state index is 12.3. The molecule has 0 bridgehead atoms. The van der Waals surface area contributed by atoms with Crippen molar-refractivity contribution in [2.24, 2.45) is 0 Å². The first-order valence-corrected chi connectivity index (χ1v) is 4.97. The Hall–Kier alpha value is -1.02. The first kappa shape index (κ1) is 11.1. The van der Waals surface area contributed by atoms with Crippen LogP contribution in [0.25, 0.3) is 0 Å². The average Bonchev–Trinajstić information content (AvgIpc) is 2.17. The summed E-state index contributed by atoms with van der Waals surface area (Å²) in [7, 11) is 0. The molecule has 0 spiro atoms. The lowest BCUT2D eigenvalue weighted by Gasteiger charge is -2.06. The minimum Gasteiger partial charge on any atom is -0.251 e. The summed E-state index contributed by atoms with van der Waals surface area (Å²) in [6.45, 7) is 1.69. The van der Waals surface area contributed by atoms with Gasteiger partial charge in [0, 0.05) is 5.33 Å². The maximum Gasteiger partial charge on any atom is 0.280 e. The SMILES string of the molecule is Cc1c(C#N)cc(C(F)F)nc1CBr. The zero-order chi connectivity index (χ0) is 10.7. The molecular formula is C9H7BrF2N2. The Kier molecular flexibility index (Phi) is 3.53. The Morgan fingerprint density at radius 1 is 1.64 bits per heavy atom. The van der Waals surface area contributed by atoms with Gasteiger partial charge in [0.05, 0.1) is 17.3 Å². The van der Waals surface area contributed by atoms with E-state index >= 15 is 0 Å². The van der Waals surface area contributed by atoms with Gasteiger partial charge in [0.15, 0.2) is 0 Å². The van der Waals surface area contributed by atoms with Crippen molar-refractivity contribution in [2.45, 2.75) is 18.7 Å². The molecule has 0 radical (unpaired) electrons. The van der Waals surface area contributed by atoms with Crippen LogP contribution in [-0.4, -0.2) is 4.98 Å². The van der Waals surface area contributed by atoms with E-state index in [2.05, 4.69) is 20.9 Å². The number of alkyl halides is 3. The van der Waals surface area contributed by atoms with Gasteiger partial charge >= 0.3 is 0 Å². The third kappa shape index (κ3) is 2.07. The van der Waals surface area contributed by atoms with E-state index in [0.717, 1.165) is 6.07 Å². The number of hydrogen-bond acceptors (Lipinski definition) is 2. The lowest BCUT2D eigenvalue weighted by molar-refractivity contribution is 0.146. The number of nitrogens with zero attached hydrogens (tertiary/aromatic N) is 2. The van der Waals surface area contributed by atoms with Gasteiger partial charge in [0.2, 0.25) is 0 Å². The zero-order valence-corrected chi connectivity index (χ0v) is 8.98. The van der Waals surface area contributed by atoms with Crippen LogP contribution in [-0.2, 0) is 5.33 Å². The molecule has 1 rings (SSSR count). The molecular weight excluding hydrogens is 254 g/mol. The van der Waals surface area contributed by atoms with Crippen molar-refractivity contribution in [3.05, 3.63) is 28.6 Å². The summed E-state index contributed by atoms with van der Waals surface area (Å²) in [5.74, 6) is 0. The smallest absolute Gasteiger partial charge is 0.251 e. The summed E-state index contributed by atoms with van der Waals surface area (Å²) in [6.07, 6.45) is -2.64. The second-order valence-corrected chi connectivity index (χ2v) is 3.27. The molecule has 0 aromatic carbocycles. The van der Waals surface area contributed by atoms with Crippen LogP contribution in [0.4, 0.5) is 8.78 Å². The first-order valence-electron chi connectivity index (χ1n) is 3.84. The maximum absolute atomic E-state index is 12.3. The Bertz CT molecular complexity index is 385. The van der Waals surface area contributed by atoms with E-state index < -0.39 is 6.43 Å². The Labute approximate surface area is 88.7 Å². The number of pyridine rings is 1. The molecule has 0 aliphatic carbocycles. The highest BCUT2D eigenvalue weighted by Gasteiger charge is 2.14. The minimum atomic E-state index is -2.64. The molecule has 0 fully saturated rings. The molecule has 0 N–H and O–H groups in total. The standard InChI is InChI=1S/C9H7BrF2N2/c1-5-6(4-13)2-7(9(11)12)14-8(5)3-10/h2,9H,3H2,1H3. The first-order chi connectivity index (χ1) is 6.60. The van der Waals surface area contributed by atoms with Gasteiger partial charge in [-0.15, -0.1) is 0 Å². The van der Waals surface area contributed by atoms with Gasteiger partial charge in [-0.25, -0.2) is 8.78 Å². The minimum absolute atomic E-state index is 0.254. The van der Waals surface area contributed by atoms with E-state index in [4.69, 9.17) is 5.26 Å². The van der Waals surface area contributed by atoms with E-state index in [1.54, 1.807) is 6.92 Å². The van der Waals surface area contributed by atoms with Crippen molar-refractivity contribution < 1.29 is 8.78 Å². The van der Waals surface area contributed by atoms with Crippen LogP contribution in [0.1, 0.15) is 28.9 Å². The molecule has 0 aliphatic heterocycles. The molecule has 0 amide bonds. The third-order valence-corrected chi connectivity index (χ3v) is 2.39. The summed E-state index contributed by atoms with van der Waals surface area (Å²) in [6, 6.07) is 3.00. The quantitative estimate of drug-likeness (QED) is 0.767. The van der Waals surface area contributed by atoms with Gasteiger partial charge < -0.3 is 0 Å². The summed E-state index contributed by atoms with van der Waals surface area (Å²) in [5.41, 5.74) is 1.04. The fraction of sp³-hybridized carbons (Fsp3) is 0.333. The molecule has 0 aliphatic rings. The van der Waals surface area contributed by atoms with E-state index in [1.165, 1.54) is 0 Å². The normalized spacial score (nSPS) is 10.3. The molecule has 2 nitrogen and oxygen atoms in total. The predicted molar refractivity (Wildman–Crippen MR) is 51.3 cm³/mol. The average molecular weight is 261 g/mol. The van der Waals surface area contributed by atoms with Crippen molar-refractivity contribution in [3.8, 4) is 6.07 Å². The number of hydrogen-bond donors (Lipinski definition) is 0. The van der Waals surface area contributed by atoms with Gasteiger partial charge in [-0.2, -0.15) is 5.26 Å². The third-order valence-electron chi connectivity index (χ3n) is 1.86. The Morgan fingerprint density at radius 2 is 2.29 bits per heavy atom. The molecule has 14 heavy (non-hydrogen) atoms. The van der Waals surface area contributed by atoms with Gasteiger partial charge in [-0.1, -0.05) is 15.9 Å². The van der Waals surface area contributed by atoms with Crippen LogP contribution in [0, 0.1) is 18.3 Å². The largest absolute Gasteiger partial charge is 0.280 e. The fourth-order valence-corrected chi connectivity index (χ4v) is 1.59. The van der Waals surface area contributed by atoms with Crippen molar-refractivity contribution in [2.75, 3.05) is 0 Å². The monoisotopic (exact) mass is 260 g/mol. The van der Waals surface area contributed by atoms with Crippen LogP contribution in [0.15, 0.2) is 6.07 Å². The Morgan fingerprint density at radius 3 is 2.71 bits per heavy atom. The number of nitriles is 1. The van der Waals surface area contributed by atoms with Gasteiger partial charge in [-0.3, -0.25) is 4.98 Å². The van der Waals surface area contributed by atoms with Crippen LogP contribution in [0.3, 0.4) is 0 Å². The van der Waals surface area contributed by atoms with Gasteiger partial charge in [-0.05, 0) is 18.6 Å².